The van der Waals surface area contributed by atoms with Crippen molar-refractivity contribution in [3.8, 4) is 0 Å². The fraction of sp³-hybridized carbons (Fsp3) is 0.462. The highest BCUT2D eigenvalue weighted by molar-refractivity contribution is 9.10. The van der Waals surface area contributed by atoms with Gasteiger partial charge in [-0.05, 0) is 50.9 Å². The second-order valence-electron chi connectivity index (χ2n) is 4.79. The van der Waals surface area contributed by atoms with Gasteiger partial charge < -0.3 is 10.6 Å². The number of piperidine rings is 1. The van der Waals surface area contributed by atoms with Gasteiger partial charge in [-0.1, -0.05) is 15.9 Å². The van der Waals surface area contributed by atoms with E-state index < -0.39 is 11.4 Å². The van der Waals surface area contributed by atoms with Gasteiger partial charge in [-0.3, -0.25) is 4.79 Å². The zero-order valence-electron chi connectivity index (χ0n) is 10.6. The van der Waals surface area contributed by atoms with E-state index in [1.807, 2.05) is 6.92 Å². The van der Waals surface area contributed by atoms with Crippen LogP contribution < -0.4 is 10.6 Å². The topological polar surface area (TPSA) is 41.1 Å². The molecule has 1 heterocycles. The predicted octanol–water partition coefficient (Wildman–Crippen LogP) is 3.48. The number of carbonyl (C=O) groups excluding carboxylic acids is 1. The van der Waals surface area contributed by atoms with Crippen molar-refractivity contribution < 1.29 is 9.18 Å². The lowest BCUT2D eigenvalue weighted by atomic mass is 9.90. The number of halogens is 3. The van der Waals surface area contributed by atoms with Crippen LogP contribution in [0.2, 0.25) is 0 Å². The van der Waals surface area contributed by atoms with E-state index in [2.05, 4.69) is 26.6 Å². The van der Waals surface area contributed by atoms with Gasteiger partial charge in [-0.15, -0.1) is 12.4 Å². The molecular weight excluding hydrogens is 335 g/mol. The lowest BCUT2D eigenvalue weighted by Gasteiger charge is -2.33. The lowest BCUT2D eigenvalue weighted by Crippen LogP contribution is -2.54. The predicted molar refractivity (Wildman–Crippen MR) is 80.2 cm³/mol. The third-order valence-electron chi connectivity index (χ3n) is 3.30. The fourth-order valence-corrected chi connectivity index (χ4v) is 2.46. The number of nitrogens with one attached hydrogen (secondary N) is 2. The molecule has 1 atom stereocenters. The third kappa shape index (κ3) is 3.91. The van der Waals surface area contributed by atoms with Crippen molar-refractivity contribution in [2.75, 3.05) is 11.9 Å². The summed E-state index contributed by atoms with van der Waals surface area (Å²) < 4.78 is 14.3. The maximum Gasteiger partial charge on any atom is 0.244 e. The minimum atomic E-state index is -0.604. The summed E-state index contributed by atoms with van der Waals surface area (Å²) >= 11 is 3.26. The molecule has 1 aliphatic rings. The van der Waals surface area contributed by atoms with E-state index in [4.69, 9.17) is 0 Å². The summed E-state index contributed by atoms with van der Waals surface area (Å²) in [5.74, 6) is -0.606. The Morgan fingerprint density at radius 1 is 1.47 bits per heavy atom. The van der Waals surface area contributed by atoms with Crippen LogP contribution in [0, 0.1) is 5.82 Å². The van der Waals surface area contributed by atoms with Crippen molar-refractivity contribution in [2.24, 2.45) is 0 Å². The minimum Gasteiger partial charge on any atom is -0.322 e. The van der Waals surface area contributed by atoms with Crippen LogP contribution in [-0.4, -0.2) is 18.0 Å². The van der Waals surface area contributed by atoms with Gasteiger partial charge in [0.25, 0.3) is 0 Å². The third-order valence-corrected chi connectivity index (χ3v) is 3.79. The van der Waals surface area contributed by atoms with Gasteiger partial charge in [-0.2, -0.15) is 0 Å². The fourth-order valence-electron chi connectivity index (χ4n) is 2.10. The van der Waals surface area contributed by atoms with Crippen LogP contribution in [0.4, 0.5) is 10.1 Å². The summed E-state index contributed by atoms with van der Waals surface area (Å²) in [5, 5.41) is 5.86. The molecule has 0 aliphatic carbocycles. The number of anilines is 1. The summed E-state index contributed by atoms with van der Waals surface area (Å²) in [5.41, 5.74) is -0.393. The zero-order chi connectivity index (χ0) is 13.2. The Labute approximate surface area is 126 Å². The second-order valence-corrected chi connectivity index (χ2v) is 5.71. The molecule has 6 heteroatoms. The lowest BCUT2D eigenvalue weighted by molar-refractivity contribution is -0.122. The van der Waals surface area contributed by atoms with Crippen LogP contribution >= 0.6 is 28.3 Å². The highest BCUT2D eigenvalue weighted by atomic mass is 79.9. The Morgan fingerprint density at radius 2 is 2.21 bits per heavy atom. The molecule has 0 aromatic heterocycles. The highest BCUT2D eigenvalue weighted by Crippen LogP contribution is 2.24. The molecule has 0 saturated carbocycles. The van der Waals surface area contributed by atoms with Gasteiger partial charge in [0.15, 0.2) is 0 Å². The average molecular weight is 352 g/mol. The van der Waals surface area contributed by atoms with E-state index in [9.17, 15) is 9.18 Å². The average Bonchev–Trinajstić information content (AvgIpc) is 2.35. The van der Waals surface area contributed by atoms with Gasteiger partial charge in [-0.25, -0.2) is 4.39 Å². The monoisotopic (exact) mass is 350 g/mol. The smallest absolute Gasteiger partial charge is 0.244 e. The molecule has 1 fully saturated rings. The summed E-state index contributed by atoms with van der Waals surface area (Å²) in [6.45, 7) is 2.68. The molecule has 106 valence electrons. The Bertz CT molecular complexity index is 464. The van der Waals surface area contributed by atoms with Gasteiger partial charge >= 0.3 is 0 Å². The van der Waals surface area contributed by atoms with Crippen LogP contribution in [-0.2, 0) is 4.79 Å². The van der Waals surface area contributed by atoms with Crippen LogP contribution in [0.3, 0.4) is 0 Å². The minimum absolute atomic E-state index is 0. The number of carbonyl (C=O) groups is 1. The molecule has 0 bridgehead atoms. The molecule has 1 aromatic carbocycles. The van der Waals surface area contributed by atoms with E-state index in [-0.39, 0.29) is 24.0 Å². The zero-order valence-corrected chi connectivity index (χ0v) is 13.0. The first kappa shape index (κ1) is 16.4. The SMILES string of the molecule is CC1(C(=O)Nc2cc(Br)ccc2F)CCCCN1.Cl. The first-order valence-corrected chi connectivity index (χ1v) is 6.82. The van der Waals surface area contributed by atoms with Crippen molar-refractivity contribution in [2.45, 2.75) is 31.7 Å². The van der Waals surface area contributed by atoms with Gasteiger partial charge in [0.1, 0.15) is 5.82 Å². The summed E-state index contributed by atoms with van der Waals surface area (Å²) in [6.07, 6.45) is 2.86. The van der Waals surface area contributed by atoms with Crippen molar-refractivity contribution in [3.05, 3.63) is 28.5 Å². The molecule has 0 radical (unpaired) electrons. The van der Waals surface area contributed by atoms with Crippen LogP contribution in [0.1, 0.15) is 26.2 Å². The molecule has 1 amide bonds. The van der Waals surface area contributed by atoms with Gasteiger partial charge in [0.05, 0.1) is 11.2 Å². The molecule has 1 aliphatic heterocycles. The van der Waals surface area contributed by atoms with Gasteiger partial charge in [0, 0.05) is 4.47 Å². The summed E-state index contributed by atoms with van der Waals surface area (Å²) in [6, 6.07) is 4.50. The Morgan fingerprint density at radius 3 is 2.84 bits per heavy atom. The number of amides is 1. The molecule has 3 nitrogen and oxygen atoms in total. The summed E-state index contributed by atoms with van der Waals surface area (Å²) in [4.78, 5) is 12.2. The largest absolute Gasteiger partial charge is 0.322 e. The number of hydrogen-bond acceptors (Lipinski definition) is 2. The Hall–Kier alpha value is -0.650. The normalized spacial score (nSPS) is 22.5. The number of benzene rings is 1. The van der Waals surface area contributed by atoms with Crippen LogP contribution in [0.25, 0.3) is 0 Å². The van der Waals surface area contributed by atoms with Crippen molar-refractivity contribution in [3.63, 3.8) is 0 Å². The standard InChI is InChI=1S/C13H16BrFN2O.ClH/c1-13(6-2-3-7-16-13)12(18)17-11-8-9(14)4-5-10(11)15;/h4-5,8,16H,2-3,6-7H2,1H3,(H,17,18);1H. The van der Waals surface area contributed by atoms with Gasteiger partial charge in [0.2, 0.25) is 5.91 Å². The highest BCUT2D eigenvalue weighted by Gasteiger charge is 2.34. The molecule has 0 spiro atoms. The maximum atomic E-state index is 13.6. The molecule has 2 rings (SSSR count). The van der Waals surface area contributed by atoms with Crippen LogP contribution in [0.5, 0.6) is 0 Å². The van der Waals surface area contributed by atoms with Crippen molar-refractivity contribution in [1.82, 2.24) is 5.32 Å². The van der Waals surface area contributed by atoms with Crippen molar-refractivity contribution >= 4 is 39.9 Å². The Balaban J connectivity index is 0.00000180. The number of rotatable bonds is 2. The molecule has 1 aromatic rings. The maximum absolute atomic E-state index is 13.6. The van der Waals surface area contributed by atoms with E-state index in [0.717, 1.165) is 30.3 Å². The molecule has 2 N–H and O–H groups in total. The molecule has 19 heavy (non-hydrogen) atoms. The van der Waals surface area contributed by atoms with E-state index in [1.165, 1.54) is 6.07 Å². The molecule has 1 unspecified atom stereocenters. The quantitative estimate of drug-likeness (QED) is 0.856. The molecule has 1 saturated heterocycles. The van der Waals surface area contributed by atoms with E-state index >= 15 is 0 Å². The second kappa shape index (κ2) is 6.68. The van der Waals surface area contributed by atoms with E-state index in [1.54, 1.807) is 12.1 Å². The first-order valence-electron chi connectivity index (χ1n) is 6.03. The summed E-state index contributed by atoms with van der Waals surface area (Å²) in [7, 11) is 0. The Kier molecular flexibility index (Phi) is 5.77. The van der Waals surface area contributed by atoms with Crippen molar-refractivity contribution in [1.29, 1.82) is 0 Å². The molecular formula is C13H17BrClFN2O. The van der Waals surface area contributed by atoms with E-state index in [0.29, 0.717) is 0 Å². The first-order chi connectivity index (χ1) is 8.51. The number of hydrogen-bond donors (Lipinski definition) is 2. The van der Waals surface area contributed by atoms with Crippen LogP contribution in [0.15, 0.2) is 22.7 Å².